The maximum atomic E-state index is 13.4. The van der Waals surface area contributed by atoms with Gasteiger partial charge in [-0.1, -0.05) is 0 Å². The van der Waals surface area contributed by atoms with Gasteiger partial charge in [0.25, 0.3) is 0 Å². The third-order valence-electron chi connectivity index (χ3n) is 2.61. The Morgan fingerprint density at radius 3 is 2.52 bits per heavy atom. The number of aromatic nitrogens is 2. The number of benzene rings is 1. The molecule has 112 valence electrons. The molecule has 6 heteroatoms. The van der Waals surface area contributed by atoms with E-state index in [1.165, 1.54) is 6.07 Å². The van der Waals surface area contributed by atoms with Crippen LogP contribution in [0.15, 0.2) is 34.8 Å². The predicted octanol–water partition coefficient (Wildman–Crippen LogP) is 4.06. The average Bonchev–Trinajstić information content (AvgIpc) is 2.41. The average molecular weight is 354 g/mol. The molecule has 0 bridgehead atoms. The smallest absolute Gasteiger partial charge is 0.238 e. The second kappa shape index (κ2) is 6.49. The van der Waals surface area contributed by atoms with Crippen molar-refractivity contribution in [1.82, 2.24) is 15.5 Å². The molecule has 1 heterocycles. The van der Waals surface area contributed by atoms with Gasteiger partial charge < -0.3 is 10.1 Å². The van der Waals surface area contributed by atoms with Crippen molar-refractivity contribution in [2.24, 2.45) is 0 Å². The van der Waals surface area contributed by atoms with Gasteiger partial charge in [-0.3, -0.25) is 0 Å². The van der Waals surface area contributed by atoms with Crippen molar-refractivity contribution >= 4 is 15.9 Å². The van der Waals surface area contributed by atoms with Crippen molar-refractivity contribution in [3.63, 3.8) is 0 Å². The maximum absolute atomic E-state index is 13.4. The molecule has 2 aromatic rings. The fourth-order valence-corrected chi connectivity index (χ4v) is 1.76. The van der Waals surface area contributed by atoms with Crippen LogP contribution in [0.4, 0.5) is 4.39 Å². The van der Waals surface area contributed by atoms with Crippen LogP contribution in [0.2, 0.25) is 0 Å². The molecule has 0 fully saturated rings. The third-order valence-corrected chi connectivity index (χ3v) is 3.25. The molecule has 1 N–H and O–H groups in total. The molecule has 0 spiro atoms. The first-order chi connectivity index (χ1) is 9.83. The van der Waals surface area contributed by atoms with Crippen LogP contribution in [0.1, 0.15) is 26.5 Å². The maximum Gasteiger partial charge on any atom is 0.238 e. The lowest BCUT2D eigenvalue weighted by Gasteiger charge is -2.19. The minimum absolute atomic E-state index is 0.0196. The summed E-state index contributed by atoms with van der Waals surface area (Å²) < 4.78 is 19.2. The Morgan fingerprint density at radius 1 is 1.19 bits per heavy atom. The van der Waals surface area contributed by atoms with Gasteiger partial charge in [0.2, 0.25) is 5.88 Å². The van der Waals surface area contributed by atoms with Crippen LogP contribution in [0.3, 0.4) is 0 Å². The van der Waals surface area contributed by atoms with Gasteiger partial charge in [0, 0.05) is 24.2 Å². The second-order valence-electron chi connectivity index (χ2n) is 5.64. The van der Waals surface area contributed by atoms with Gasteiger partial charge in [0.1, 0.15) is 11.6 Å². The summed E-state index contributed by atoms with van der Waals surface area (Å²) in [7, 11) is 0. The molecule has 1 aromatic heterocycles. The molecular formula is C15H17BrFN3O. The van der Waals surface area contributed by atoms with E-state index < -0.39 is 0 Å². The molecule has 4 nitrogen and oxygen atoms in total. The van der Waals surface area contributed by atoms with Crippen LogP contribution in [-0.4, -0.2) is 15.7 Å². The van der Waals surface area contributed by atoms with Crippen LogP contribution in [0, 0.1) is 5.82 Å². The first-order valence-corrected chi connectivity index (χ1v) is 7.33. The molecule has 0 aliphatic carbocycles. The largest absolute Gasteiger partial charge is 0.437 e. The highest BCUT2D eigenvalue weighted by molar-refractivity contribution is 9.10. The van der Waals surface area contributed by atoms with Gasteiger partial charge in [0.05, 0.1) is 10.2 Å². The minimum Gasteiger partial charge on any atom is -0.437 e. The van der Waals surface area contributed by atoms with Gasteiger partial charge in [0.15, 0.2) is 0 Å². The van der Waals surface area contributed by atoms with Crippen molar-refractivity contribution in [2.75, 3.05) is 0 Å². The minimum atomic E-state index is -0.383. The number of nitrogens with zero attached hydrogens (tertiary/aromatic N) is 2. The Morgan fingerprint density at radius 2 is 1.95 bits per heavy atom. The van der Waals surface area contributed by atoms with Gasteiger partial charge >= 0.3 is 0 Å². The summed E-state index contributed by atoms with van der Waals surface area (Å²) >= 11 is 3.09. The first-order valence-electron chi connectivity index (χ1n) is 6.54. The number of nitrogens with one attached hydrogen (secondary N) is 1. The van der Waals surface area contributed by atoms with E-state index in [4.69, 9.17) is 4.74 Å². The van der Waals surface area contributed by atoms with E-state index in [2.05, 4.69) is 52.2 Å². The molecule has 0 saturated heterocycles. The van der Waals surface area contributed by atoms with Crippen molar-refractivity contribution in [3.8, 4) is 11.6 Å². The predicted molar refractivity (Wildman–Crippen MR) is 82.8 cm³/mol. The summed E-state index contributed by atoms with van der Waals surface area (Å²) in [5.74, 6) is 0.327. The van der Waals surface area contributed by atoms with E-state index in [9.17, 15) is 4.39 Å². The van der Waals surface area contributed by atoms with Crippen LogP contribution in [0.5, 0.6) is 11.6 Å². The van der Waals surface area contributed by atoms with E-state index in [-0.39, 0.29) is 11.4 Å². The van der Waals surface area contributed by atoms with Crippen molar-refractivity contribution < 1.29 is 9.13 Å². The van der Waals surface area contributed by atoms with Crippen LogP contribution < -0.4 is 10.1 Å². The summed E-state index contributed by atoms with van der Waals surface area (Å²) in [6.07, 6.45) is 0. The molecule has 0 amide bonds. The highest BCUT2D eigenvalue weighted by Gasteiger charge is 2.09. The second-order valence-corrected chi connectivity index (χ2v) is 6.50. The first kappa shape index (κ1) is 15.9. The lowest BCUT2D eigenvalue weighted by molar-refractivity contribution is 0.416. The molecular weight excluding hydrogens is 337 g/mol. The van der Waals surface area contributed by atoms with Crippen LogP contribution in [0.25, 0.3) is 0 Å². The topological polar surface area (TPSA) is 47.0 Å². The lowest BCUT2D eigenvalue weighted by atomic mass is 10.1. The Hall–Kier alpha value is -1.53. The number of rotatable bonds is 4. The SMILES string of the molecule is CC(C)(C)NCc1ccc(Oc2ccc(Br)c(F)c2)nn1. The molecule has 21 heavy (non-hydrogen) atoms. The molecule has 0 aliphatic rings. The van der Waals surface area contributed by atoms with Crippen molar-refractivity contribution in [1.29, 1.82) is 0 Å². The Kier molecular flexibility index (Phi) is 4.90. The Balaban J connectivity index is 2.00. The highest BCUT2D eigenvalue weighted by atomic mass is 79.9. The normalized spacial score (nSPS) is 11.5. The number of hydrogen-bond donors (Lipinski definition) is 1. The molecule has 0 radical (unpaired) electrons. The third kappa shape index (κ3) is 5.06. The van der Waals surface area contributed by atoms with Crippen LogP contribution in [-0.2, 0) is 6.54 Å². The fraction of sp³-hybridized carbons (Fsp3) is 0.333. The van der Waals surface area contributed by atoms with Gasteiger partial charge in [-0.25, -0.2) is 4.39 Å². The van der Waals surface area contributed by atoms with E-state index in [0.29, 0.717) is 22.6 Å². The van der Waals surface area contributed by atoms with Gasteiger partial charge in [-0.15, -0.1) is 5.10 Å². The zero-order valence-corrected chi connectivity index (χ0v) is 13.7. The molecule has 2 rings (SSSR count). The quantitative estimate of drug-likeness (QED) is 0.900. The summed E-state index contributed by atoms with van der Waals surface area (Å²) in [6, 6.07) is 8.08. The van der Waals surface area contributed by atoms with Crippen LogP contribution >= 0.6 is 15.9 Å². The molecule has 0 saturated carbocycles. The fourth-order valence-electron chi connectivity index (χ4n) is 1.51. The summed E-state index contributed by atoms with van der Waals surface area (Å²) in [5, 5.41) is 11.4. The number of hydrogen-bond acceptors (Lipinski definition) is 4. The van der Waals surface area contributed by atoms with Gasteiger partial charge in [-0.2, -0.15) is 5.10 Å². The Bertz CT molecular complexity index is 611. The zero-order chi connectivity index (χ0) is 15.5. The molecule has 0 atom stereocenters. The number of halogens is 2. The van der Waals surface area contributed by atoms with Gasteiger partial charge in [-0.05, 0) is 54.9 Å². The molecule has 0 aliphatic heterocycles. The molecule has 1 aromatic carbocycles. The Labute approximate surface area is 131 Å². The van der Waals surface area contributed by atoms with E-state index in [1.54, 1.807) is 18.2 Å². The number of ether oxygens (including phenoxy) is 1. The van der Waals surface area contributed by atoms with Crippen molar-refractivity contribution in [3.05, 3.63) is 46.3 Å². The van der Waals surface area contributed by atoms with E-state index in [0.717, 1.165) is 5.69 Å². The lowest BCUT2D eigenvalue weighted by Crippen LogP contribution is -2.35. The van der Waals surface area contributed by atoms with E-state index in [1.807, 2.05) is 6.07 Å². The molecule has 0 unspecified atom stereocenters. The zero-order valence-electron chi connectivity index (χ0n) is 12.2. The highest BCUT2D eigenvalue weighted by Crippen LogP contribution is 2.24. The van der Waals surface area contributed by atoms with Crippen molar-refractivity contribution in [2.45, 2.75) is 32.9 Å². The monoisotopic (exact) mass is 353 g/mol. The standard InChI is InChI=1S/C15H17BrFN3O/c1-15(2,3)18-9-10-4-7-14(20-19-10)21-11-5-6-12(16)13(17)8-11/h4-8,18H,9H2,1-3H3. The summed E-state index contributed by atoms with van der Waals surface area (Å²) in [4.78, 5) is 0. The van der Waals surface area contributed by atoms with E-state index >= 15 is 0 Å². The summed E-state index contributed by atoms with van der Waals surface area (Å²) in [6.45, 7) is 6.88. The summed E-state index contributed by atoms with van der Waals surface area (Å²) in [5.41, 5.74) is 0.838.